The van der Waals surface area contributed by atoms with Crippen LogP contribution < -0.4 is 5.73 Å². The number of hydrogen-bond donors (Lipinski definition) is 1. The number of aromatic nitrogens is 2. The molecule has 0 bridgehead atoms. The van der Waals surface area contributed by atoms with Gasteiger partial charge in [0, 0.05) is 19.3 Å². The maximum atomic E-state index is 11.3. The lowest BCUT2D eigenvalue weighted by Gasteiger charge is -2.13. The normalized spacial score (nSPS) is 22.8. The summed E-state index contributed by atoms with van der Waals surface area (Å²) in [6.07, 6.45) is 3.57. The number of rotatable bonds is 2. The summed E-state index contributed by atoms with van der Waals surface area (Å²) in [5, 5.41) is 4.31. The standard InChI is InChI=1S/C8H13ClN4O2S/c1-16(14,15)12-3-2-6(4-12)13-5-7(10)8(9)11-13/h5-6H,2-4,10H2,1H3/t6-/m1/s1. The van der Waals surface area contributed by atoms with Gasteiger partial charge >= 0.3 is 0 Å². The SMILES string of the molecule is CS(=O)(=O)N1CC[C@@H](n2cc(N)c(Cl)n2)C1. The maximum Gasteiger partial charge on any atom is 0.211 e. The number of hydrogen-bond acceptors (Lipinski definition) is 4. The van der Waals surface area contributed by atoms with E-state index in [2.05, 4.69) is 5.10 Å². The van der Waals surface area contributed by atoms with Crippen molar-refractivity contribution in [3.8, 4) is 0 Å². The first kappa shape index (κ1) is 11.7. The van der Waals surface area contributed by atoms with Gasteiger partial charge in [-0.05, 0) is 6.42 Å². The molecular formula is C8H13ClN4O2S. The highest BCUT2D eigenvalue weighted by Gasteiger charge is 2.30. The Morgan fingerprint density at radius 1 is 1.62 bits per heavy atom. The first-order chi connectivity index (χ1) is 7.38. The summed E-state index contributed by atoms with van der Waals surface area (Å²) in [5.74, 6) is 0. The second-order valence-corrected chi connectivity index (χ2v) is 6.26. The molecule has 2 heterocycles. The average molecular weight is 265 g/mol. The lowest BCUT2D eigenvalue weighted by molar-refractivity contribution is 0.437. The van der Waals surface area contributed by atoms with E-state index in [-0.39, 0.29) is 11.2 Å². The number of nitrogens with two attached hydrogens (primary N) is 1. The Balaban J connectivity index is 2.15. The van der Waals surface area contributed by atoms with Crippen molar-refractivity contribution in [2.45, 2.75) is 12.5 Å². The zero-order chi connectivity index (χ0) is 11.9. The second-order valence-electron chi connectivity index (χ2n) is 3.92. The Hall–Kier alpha value is -0.790. The first-order valence-electron chi connectivity index (χ1n) is 4.83. The minimum absolute atomic E-state index is 0.0181. The van der Waals surface area contributed by atoms with E-state index >= 15 is 0 Å². The molecular weight excluding hydrogens is 252 g/mol. The van der Waals surface area contributed by atoms with Crippen molar-refractivity contribution >= 4 is 27.3 Å². The van der Waals surface area contributed by atoms with Crippen molar-refractivity contribution in [3.63, 3.8) is 0 Å². The molecule has 6 nitrogen and oxygen atoms in total. The summed E-state index contributed by atoms with van der Waals surface area (Å²) in [6.45, 7) is 0.942. The molecule has 0 radical (unpaired) electrons. The molecule has 0 aromatic carbocycles. The topological polar surface area (TPSA) is 81.2 Å². The molecule has 1 saturated heterocycles. The Kier molecular flexibility index (Phi) is 2.85. The van der Waals surface area contributed by atoms with Crippen LogP contribution in [0.1, 0.15) is 12.5 Å². The van der Waals surface area contributed by atoms with E-state index in [1.54, 1.807) is 10.9 Å². The quantitative estimate of drug-likeness (QED) is 0.834. The molecule has 1 atom stereocenters. The van der Waals surface area contributed by atoms with Gasteiger partial charge in [-0.15, -0.1) is 0 Å². The van der Waals surface area contributed by atoms with Gasteiger partial charge in [0.1, 0.15) is 0 Å². The van der Waals surface area contributed by atoms with Crippen LogP contribution >= 0.6 is 11.6 Å². The summed E-state index contributed by atoms with van der Waals surface area (Å²) in [5.41, 5.74) is 6.00. The van der Waals surface area contributed by atoms with Crippen molar-refractivity contribution in [3.05, 3.63) is 11.3 Å². The van der Waals surface area contributed by atoms with Crippen LogP contribution in [-0.2, 0) is 10.0 Å². The zero-order valence-electron chi connectivity index (χ0n) is 8.80. The highest BCUT2D eigenvalue weighted by molar-refractivity contribution is 7.88. The van der Waals surface area contributed by atoms with E-state index in [1.807, 2.05) is 0 Å². The van der Waals surface area contributed by atoms with Crippen LogP contribution in [0.3, 0.4) is 0 Å². The number of sulfonamides is 1. The summed E-state index contributed by atoms with van der Waals surface area (Å²) >= 11 is 5.75. The fraction of sp³-hybridized carbons (Fsp3) is 0.625. The summed E-state index contributed by atoms with van der Waals surface area (Å²) in [4.78, 5) is 0. The van der Waals surface area contributed by atoms with Crippen LogP contribution in [0.4, 0.5) is 5.69 Å². The molecule has 0 amide bonds. The fourth-order valence-electron chi connectivity index (χ4n) is 1.80. The molecule has 16 heavy (non-hydrogen) atoms. The van der Waals surface area contributed by atoms with Crippen LogP contribution in [0.25, 0.3) is 0 Å². The van der Waals surface area contributed by atoms with E-state index in [4.69, 9.17) is 17.3 Å². The first-order valence-corrected chi connectivity index (χ1v) is 7.06. The van der Waals surface area contributed by atoms with E-state index in [0.717, 1.165) is 6.42 Å². The van der Waals surface area contributed by atoms with Crippen LogP contribution in [0.2, 0.25) is 5.15 Å². The average Bonchev–Trinajstić information content (AvgIpc) is 2.73. The highest BCUT2D eigenvalue weighted by atomic mass is 35.5. The van der Waals surface area contributed by atoms with Crippen LogP contribution in [0.5, 0.6) is 0 Å². The molecule has 0 saturated carbocycles. The minimum atomic E-state index is -3.12. The largest absolute Gasteiger partial charge is 0.395 e. The number of nitrogen functional groups attached to an aromatic ring is 1. The monoisotopic (exact) mass is 264 g/mol. The van der Waals surface area contributed by atoms with Gasteiger partial charge in [0.15, 0.2) is 5.15 Å². The molecule has 2 rings (SSSR count). The van der Waals surface area contributed by atoms with Crippen LogP contribution in [-0.4, -0.2) is 41.8 Å². The molecule has 0 aliphatic carbocycles. The lowest BCUT2D eigenvalue weighted by atomic mass is 10.3. The summed E-state index contributed by atoms with van der Waals surface area (Å²) in [6, 6.07) is 0.0181. The van der Waals surface area contributed by atoms with Gasteiger partial charge in [-0.2, -0.15) is 9.40 Å². The van der Waals surface area contributed by atoms with Gasteiger partial charge in [0.25, 0.3) is 0 Å². The Labute approximate surface area is 99.0 Å². The number of anilines is 1. The van der Waals surface area contributed by atoms with Gasteiger partial charge in [-0.1, -0.05) is 11.6 Å². The van der Waals surface area contributed by atoms with Gasteiger partial charge < -0.3 is 5.73 Å². The Bertz CT molecular complexity index is 479. The third-order valence-corrected chi connectivity index (χ3v) is 4.25. The Morgan fingerprint density at radius 3 is 2.75 bits per heavy atom. The van der Waals surface area contributed by atoms with Gasteiger partial charge in [0.2, 0.25) is 10.0 Å². The molecule has 2 N–H and O–H groups in total. The highest BCUT2D eigenvalue weighted by Crippen LogP contribution is 2.26. The minimum Gasteiger partial charge on any atom is -0.395 e. The fourth-order valence-corrected chi connectivity index (χ4v) is 2.81. The van der Waals surface area contributed by atoms with Crippen LogP contribution in [0, 0.1) is 0 Å². The van der Waals surface area contributed by atoms with Crippen molar-refractivity contribution in [2.75, 3.05) is 25.1 Å². The Morgan fingerprint density at radius 2 is 2.31 bits per heavy atom. The van der Waals surface area contributed by atoms with Gasteiger partial charge in [-0.25, -0.2) is 8.42 Å². The number of halogens is 1. The van der Waals surface area contributed by atoms with Crippen molar-refractivity contribution in [1.82, 2.24) is 14.1 Å². The smallest absolute Gasteiger partial charge is 0.211 e. The molecule has 90 valence electrons. The van der Waals surface area contributed by atoms with E-state index in [1.165, 1.54) is 10.6 Å². The molecule has 1 fully saturated rings. The molecule has 1 aliphatic heterocycles. The van der Waals surface area contributed by atoms with Crippen molar-refractivity contribution in [2.24, 2.45) is 0 Å². The van der Waals surface area contributed by atoms with Gasteiger partial charge in [-0.3, -0.25) is 4.68 Å². The predicted molar refractivity (Wildman–Crippen MR) is 61.7 cm³/mol. The second kappa shape index (κ2) is 3.90. The third-order valence-electron chi connectivity index (χ3n) is 2.68. The van der Waals surface area contributed by atoms with Crippen molar-refractivity contribution in [1.29, 1.82) is 0 Å². The molecule has 1 aromatic heterocycles. The third kappa shape index (κ3) is 2.16. The summed E-state index contributed by atoms with van der Waals surface area (Å²) in [7, 11) is -3.12. The van der Waals surface area contributed by atoms with Crippen molar-refractivity contribution < 1.29 is 8.42 Å². The van der Waals surface area contributed by atoms with E-state index < -0.39 is 10.0 Å². The molecule has 1 aliphatic rings. The van der Waals surface area contributed by atoms with E-state index in [0.29, 0.717) is 18.8 Å². The predicted octanol–water partition coefficient (Wildman–Crippen LogP) is 0.325. The lowest BCUT2D eigenvalue weighted by Crippen LogP contribution is -2.28. The number of nitrogens with zero attached hydrogens (tertiary/aromatic N) is 3. The molecule has 0 unspecified atom stereocenters. The summed E-state index contributed by atoms with van der Waals surface area (Å²) < 4.78 is 25.7. The molecule has 8 heteroatoms. The molecule has 0 spiro atoms. The maximum absolute atomic E-state index is 11.3. The van der Waals surface area contributed by atoms with Crippen LogP contribution in [0.15, 0.2) is 6.20 Å². The van der Waals surface area contributed by atoms with E-state index in [9.17, 15) is 8.42 Å². The molecule has 1 aromatic rings. The zero-order valence-corrected chi connectivity index (χ0v) is 10.4. The van der Waals surface area contributed by atoms with Gasteiger partial charge in [0.05, 0.1) is 18.0 Å².